The molecule has 1 saturated heterocycles. The van der Waals surface area contributed by atoms with Gasteiger partial charge in [0, 0.05) is 19.6 Å². The maximum atomic E-state index is 5.52. The molecule has 0 saturated carbocycles. The van der Waals surface area contributed by atoms with Gasteiger partial charge in [-0.1, -0.05) is 6.07 Å². The van der Waals surface area contributed by atoms with E-state index in [-0.39, 0.29) is 0 Å². The summed E-state index contributed by atoms with van der Waals surface area (Å²) in [6.07, 6.45) is 1.18. The van der Waals surface area contributed by atoms with Crippen LogP contribution in [0.3, 0.4) is 0 Å². The molecule has 1 fully saturated rings. The van der Waals surface area contributed by atoms with E-state index in [0.29, 0.717) is 6.61 Å². The van der Waals surface area contributed by atoms with E-state index in [4.69, 9.17) is 9.47 Å². The quantitative estimate of drug-likeness (QED) is 0.726. The van der Waals surface area contributed by atoms with E-state index >= 15 is 0 Å². The van der Waals surface area contributed by atoms with Crippen molar-refractivity contribution in [3.63, 3.8) is 0 Å². The van der Waals surface area contributed by atoms with Crippen LogP contribution in [0, 0.1) is 0 Å². The maximum Gasteiger partial charge on any atom is 0.133 e. The van der Waals surface area contributed by atoms with Crippen LogP contribution in [0.5, 0.6) is 5.75 Å². The van der Waals surface area contributed by atoms with E-state index in [1.807, 2.05) is 13.0 Å². The van der Waals surface area contributed by atoms with E-state index in [1.54, 1.807) is 0 Å². The van der Waals surface area contributed by atoms with Crippen LogP contribution in [-0.4, -0.2) is 50.9 Å². The summed E-state index contributed by atoms with van der Waals surface area (Å²) in [5.41, 5.74) is 1.27. The van der Waals surface area contributed by atoms with Gasteiger partial charge < -0.3 is 14.8 Å². The minimum atomic E-state index is 0.692. The highest BCUT2D eigenvalue weighted by Gasteiger charge is 2.09. The van der Waals surface area contributed by atoms with Crippen LogP contribution in [0.1, 0.15) is 18.9 Å². The molecule has 0 aliphatic carbocycles. The minimum absolute atomic E-state index is 0.692. The van der Waals surface area contributed by atoms with Gasteiger partial charge in [0.2, 0.25) is 0 Å². The third-order valence-electron chi connectivity index (χ3n) is 3.56. The molecule has 1 aliphatic heterocycles. The smallest absolute Gasteiger partial charge is 0.133 e. The molecule has 0 atom stereocenters. The first-order valence-electron chi connectivity index (χ1n) is 7.71. The van der Waals surface area contributed by atoms with Gasteiger partial charge in [-0.2, -0.15) is 0 Å². The Labute approximate surface area is 135 Å². The van der Waals surface area contributed by atoms with E-state index in [2.05, 4.69) is 38.3 Å². The van der Waals surface area contributed by atoms with Crippen LogP contribution in [0.15, 0.2) is 22.7 Å². The molecular formula is C16H25BrN2O2. The fourth-order valence-corrected chi connectivity index (χ4v) is 2.95. The minimum Gasteiger partial charge on any atom is -0.493 e. The first-order chi connectivity index (χ1) is 10.3. The Kier molecular flexibility index (Phi) is 7.50. The van der Waals surface area contributed by atoms with Crippen molar-refractivity contribution in [1.82, 2.24) is 10.2 Å². The molecule has 1 aromatic rings. The van der Waals surface area contributed by atoms with Crippen molar-refractivity contribution in [3.05, 3.63) is 28.2 Å². The van der Waals surface area contributed by atoms with Crippen LogP contribution in [0.2, 0.25) is 0 Å². The van der Waals surface area contributed by atoms with Gasteiger partial charge in [-0.25, -0.2) is 0 Å². The van der Waals surface area contributed by atoms with Crippen LogP contribution < -0.4 is 10.1 Å². The summed E-state index contributed by atoms with van der Waals surface area (Å²) < 4.78 is 11.9. The molecule has 0 amide bonds. The molecule has 0 spiro atoms. The molecule has 1 aliphatic rings. The molecule has 0 aromatic heterocycles. The molecule has 4 nitrogen and oxygen atoms in total. The zero-order valence-corrected chi connectivity index (χ0v) is 14.3. The third kappa shape index (κ3) is 5.94. The number of nitrogens with zero attached hydrogens (tertiary/aromatic N) is 1. The van der Waals surface area contributed by atoms with Crippen LogP contribution in [-0.2, 0) is 11.3 Å². The standard InChI is InChI=1S/C16H25BrN2O2/c1-2-21-16-5-4-14(12-15(16)17)13-18-6-3-7-19-8-10-20-11-9-19/h4-5,12,18H,2-3,6-11,13H2,1H3. The van der Waals surface area contributed by atoms with Gasteiger partial charge in [0.1, 0.15) is 5.75 Å². The Morgan fingerprint density at radius 3 is 2.86 bits per heavy atom. The normalized spacial score (nSPS) is 16.1. The zero-order chi connectivity index (χ0) is 14.9. The van der Waals surface area contributed by atoms with E-state index in [1.165, 1.54) is 12.0 Å². The van der Waals surface area contributed by atoms with Gasteiger partial charge in [0.25, 0.3) is 0 Å². The number of ether oxygens (including phenoxy) is 2. The Morgan fingerprint density at radius 2 is 2.14 bits per heavy atom. The number of hydrogen-bond donors (Lipinski definition) is 1. The Hall–Kier alpha value is -0.620. The molecule has 21 heavy (non-hydrogen) atoms. The number of rotatable bonds is 8. The van der Waals surface area contributed by atoms with E-state index < -0.39 is 0 Å². The zero-order valence-electron chi connectivity index (χ0n) is 12.7. The summed E-state index contributed by atoms with van der Waals surface area (Å²) in [5, 5.41) is 3.50. The van der Waals surface area contributed by atoms with Gasteiger partial charge in [0.15, 0.2) is 0 Å². The second kappa shape index (κ2) is 9.41. The lowest BCUT2D eigenvalue weighted by atomic mass is 10.2. The maximum absolute atomic E-state index is 5.52. The van der Waals surface area contributed by atoms with Crippen LogP contribution >= 0.6 is 15.9 Å². The number of morpholine rings is 1. The lowest BCUT2D eigenvalue weighted by Gasteiger charge is -2.26. The van der Waals surface area contributed by atoms with Crippen LogP contribution in [0.4, 0.5) is 0 Å². The molecule has 1 heterocycles. The third-order valence-corrected chi connectivity index (χ3v) is 4.18. The Balaban J connectivity index is 1.63. The average Bonchev–Trinajstić information content (AvgIpc) is 2.51. The molecule has 1 aromatic carbocycles. The summed E-state index contributed by atoms with van der Waals surface area (Å²) in [5.74, 6) is 0.911. The van der Waals surface area contributed by atoms with Gasteiger partial charge in [-0.3, -0.25) is 4.90 Å². The molecule has 2 rings (SSSR count). The van der Waals surface area contributed by atoms with Crippen molar-refractivity contribution in [3.8, 4) is 5.75 Å². The van der Waals surface area contributed by atoms with Crippen molar-refractivity contribution < 1.29 is 9.47 Å². The van der Waals surface area contributed by atoms with Gasteiger partial charge in [-0.05, 0) is 60.1 Å². The lowest BCUT2D eigenvalue weighted by molar-refractivity contribution is 0.0374. The Morgan fingerprint density at radius 1 is 1.33 bits per heavy atom. The molecule has 0 unspecified atom stereocenters. The average molecular weight is 357 g/mol. The van der Waals surface area contributed by atoms with E-state index in [0.717, 1.165) is 56.2 Å². The number of halogens is 1. The highest BCUT2D eigenvalue weighted by molar-refractivity contribution is 9.10. The molecule has 1 N–H and O–H groups in total. The predicted octanol–water partition coefficient (Wildman–Crippen LogP) is 2.66. The van der Waals surface area contributed by atoms with Crippen LogP contribution in [0.25, 0.3) is 0 Å². The molecule has 0 bridgehead atoms. The van der Waals surface area contributed by atoms with Crippen molar-refractivity contribution in [2.24, 2.45) is 0 Å². The largest absolute Gasteiger partial charge is 0.493 e. The summed E-state index contributed by atoms with van der Waals surface area (Å²) >= 11 is 3.55. The second-order valence-corrected chi connectivity index (χ2v) is 6.04. The summed E-state index contributed by atoms with van der Waals surface area (Å²) in [4.78, 5) is 2.47. The van der Waals surface area contributed by atoms with E-state index in [9.17, 15) is 0 Å². The monoisotopic (exact) mass is 356 g/mol. The summed E-state index contributed by atoms with van der Waals surface area (Å²) in [6, 6.07) is 6.27. The van der Waals surface area contributed by atoms with Gasteiger partial charge >= 0.3 is 0 Å². The fourth-order valence-electron chi connectivity index (χ4n) is 2.41. The number of hydrogen-bond acceptors (Lipinski definition) is 4. The number of nitrogens with one attached hydrogen (secondary N) is 1. The predicted molar refractivity (Wildman–Crippen MR) is 88.9 cm³/mol. The molecule has 118 valence electrons. The molecule has 5 heteroatoms. The van der Waals surface area contributed by atoms with Gasteiger partial charge in [0.05, 0.1) is 24.3 Å². The van der Waals surface area contributed by atoms with Crippen molar-refractivity contribution in [1.29, 1.82) is 0 Å². The summed E-state index contributed by atoms with van der Waals surface area (Å²) in [6.45, 7) is 9.70. The Bertz CT molecular complexity index is 423. The number of benzene rings is 1. The first kappa shape index (κ1) is 16.7. The molecular weight excluding hydrogens is 332 g/mol. The lowest BCUT2D eigenvalue weighted by Crippen LogP contribution is -2.37. The van der Waals surface area contributed by atoms with Crippen molar-refractivity contribution in [2.45, 2.75) is 19.9 Å². The summed E-state index contributed by atoms with van der Waals surface area (Å²) in [7, 11) is 0. The first-order valence-corrected chi connectivity index (χ1v) is 8.51. The topological polar surface area (TPSA) is 33.7 Å². The fraction of sp³-hybridized carbons (Fsp3) is 0.625. The van der Waals surface area contributed by atoms with Gasteiger partial charge in [-0.15, -0.1) is 0 Å². The van der Waals surface area contributed by atoms with Crippen molar-refractivity contribution >= 4 is 15.9 Å². The SMILES string of the molecule is CCOc1ccc(CNCCCN2CCOCC2)cc1Br. The molecule has 0 radical (unpaired) electrons. The van der Waals surface area contributed by atoms with Crippen molar-refractivity contribution in [2.75, 3.05) is 46.0 Å². The second-order valence-electron chi connectivity index (χ2n) is 5.18. The highest BCUT2D eigenvalue weighted by Crippen LogP contribution is 2.25. The highest BCUT2D eigenvalue weighted by atomic mass is 79.9.